The lowest BCUT2D eigenvalue weighted by Crippen LogP contribution is -2.60. The predicted molar refractivity (Wildman–Crippen MR) is 80.5 cm³/mol. The Labute approximate surface area is 125 Å². The first-order valence-electron chi connectivity index (χ1n) is 6.97. The summed E-state index contributed by atoms with van der Waals surface area (Å²) in [6.45, 7) is 2.26. The van der Waals surface area contributed by atoms with Gasteiger partial charge in [-0.3, -0.25) is 9.59 Å². The highest BCUT2D eigenvalue weighted by Crippen LogP contribution is 2.35. The molecule has 0 spiro atoms. The molecule has 20 heavy (non-hydrogen) atoms. The van der Waals surface area contributed by atoms with Gasteiger partial charge in [-0.15, -0.1) is 0 Å². The number of carboxylic acid groups (broad SMARTS) is 1. The molecule has 6 N–H and O–H groups in total. The molecule has 116 valence electrons. The molecule has 1 rings (SSSR count). The standard InChI is InChI=1S/C13H25N3O3S/c1-8-2-3-9(13(15,6-8)12(18)19)7-16-11(17)10(14)4-5-20/h8-10,20H,2-7,14-15H2,1H3,(H,16,17)(H,18,19)/t8-,9?,10?,13-/m1/s1. The predicted octanol–water partition coefficient (Wildman–Crippen LogP) is -0.0319. The van der Waals surface area contributed by atoms with Crippen LogP contribution in [0.4, 0.5) is 0 Å². The van der Waals surface area contributed by atoms with Gasteiger partial charge in [0.05, 0.1) is 6.04 Å². The molecule has 4 atom stereocenters. The molecule has 0 heterocycles. The molecule has 0 radical (unpaired) electrons. The van der Waals surface area contributed by atoms with Gasteiger partial charge in [-0.2, -0.15) is 12.6 Å². The van der Waals surface area contributed by atoms with Gasteiger partial charge in [0.25, 0.3) is 0 Å². The minimum absolute atomic E-state index is 0.259. The third-order valence-electron chi connectivity index (χ3n) is 4.12. The van der Waals surface area contributed by atoms with E-state index in [-0.39, 0.29) is 24.3 Å². The smallest absolute Gasteiger partial charge is 0.324 e. The monoisotopic (exact) mass is 303 g/mol. The van der Waals surface area contributed by atoms with Crippen LogP contribution < -0.4 is 16.8 Å². The zero-order chi connectivity index (χ0) is 15.3. The Hall–Kier alpha value is -0.790. The molecule has 6 nitrogen and oxygen atoms in total. The first kappa shape index (κ1) is 17.3. The molecule has 1 saturated carbocycles. The molecule has 0 aromatic carbocycles. The summed E-state index contributed by atoms with van der Waals surface area (Å²) in [6, 6.07) is -0.605. The average Bonchev–Trinajstić information content (AvgIpc) is 2.37. The van der Waals surface area contributed by atoms with E-state index >= 15 is 0 Å². The van der Waals surface area contributed by atoms with E-state index < -0.39 is 17.6 Å². The van der Waals surface area contributed by atoms with Crippen molar-refractivity contribution in [1.29, 1.82) is 0 Å². The van der Waals surface area contributed by atoms with Crippen molar-refractivity contribution in [2.45, 2.75) is 44.2 Å². The van der Waals surface area contributed by atoms with Crippen molar-refractivity contribution in [3.8, 4) is 0 Å². The van der Waals surface area contributed by atoms with Crippen molar-refractivity contribution in [2.75, 3.05) is 12.3 Å². The van der Waals surface area contributed by atoms with Gasteiger partial charge >= 0.3 is 5.97 Å². The lowest BCUT2D eigenvalue weighted by atomic mass is 9.69. The number of carbonyl (C=O) groups is 2. The van der Waals surface area contributed by atoms with Gasteiger partial charge in [0.2, 0.25) is 5.91 Å². The van der Waals surface area contributed by atoms with Crippen molar-refractivity contribution in [3.63, 3.8) is 0 Å². The third-order valence-corrected chi connectivity index (χ3v) is 4.38. The molecule has 7 heteroatoms. The second kappa shape index (κ2) is 7.28. The number of carbonyl (C=O) groups excluding carboxylic acids is 1. The van der Waals surface area contributed by atoms with E-state index in [4.69, 9.17) is 11.5 Å². The highest BCUT2D eigenvalue weighted by molar-refractivity contribution is 7.80. The summed E-state index contributed by atoms with van der Waals surface area (Å²) in [5, 5.41) is 12.1. The maximum absolute atomic E-state index is 11.8. The molecule has 1 aliphatic rings. The minimum atomic E-state index is -1.27. The number of rotatable bonds is 6. The normalized spacial score (nSPS) is 31.6. The van der Waals surface area contributed by atoms with E-state index in [9.17, 15) is 14.7 Å². The highest BCUT2D eigenvalue weighted by atomic mass is 32.1. The molecule has 0 aromatic heterocycles. The zero-order valence-corrected chi connectivity index (χ0v) is 12.7. The van der Waals surface area contributed by atoms with Crippen LogP contribution in [0.1, 0.15) is 32.6 Å². The van der Waals surface area contributed by atoms with E-state index in [2.05, 4.69) is 17.9 Å². The van der Waals surface area contributed by atoms with Gasteiger partial charge in [0.15, 0.2) is 0 Å². The van der Waals surface area contributed by atoms with Crippen LogP contribution in [-0.4, -0.2) is 40.9 Å². The number of hydrogen-bond donors (Lipinski definition) is 5. The summed E-state index contributed by atoms with van der Waals surface area (Å²) in [5.41, 5.74) is 10.5. The van der Waals surface area contributed by atoms with Gasteiger partial charge in [0, 0.05) is 12.5 Å². The maximum atomic E-state index is 11.8. The van der Waals surface area contributed by atoms with E-state index in [0.717, 1.165) is 6.42 Å². The van der Waals surface area contributed by atoms with Crippen LogP contribution >= 0.6 is 12.6 Å². The van der Waals surface area contributed by atoms with E-state index in [1.165, 1.54) is 0 Å². The Kier molecular flexibility index (Phi) is 6.29. The molecule has 0 bridgehead atoms. The first-order chi connectivity index (χ1) is 9.31. The summed E-state index contributed by atoms with van der Waals surface area (Å²) in [7, 11) is 0. The second-order valence-corrected chi connectivity index (χ2v) is 6.24. The average molecular weight is 303 g/mol. The number of hydrogen-bond acceptors (Lipinski definition) is 5. The van der Waals surface area contributed by atoms with Crippen LogP contribution in [0.5, 0.6) is 0 Å². The van der Waals surface area contributed by atoms with E-state index in [1.54, 1.807) is 0 Å². The summed E-state index contributed by atoms with van der Waals surface area (Å²) >= 11 is 4.03. The molecule has 2 unspecified atom stereocenters. The van der Waals surface area contributed by atoms with Gasteiger partial charge in [-0.05, 0) is 30.9 Å². The maximum Gasteiger partial charge on any atom is 0.324 e. The van der Waals surface area contributed by atoms with E-state index in [0.29, 0.717) is 25.0 Å². The number of nitrogens with one attached hydrogen (secondary N) is 1. The zero-order valence-electron chi connectivity index (χ0n) is 11.8. The number of thiol groups is 1. The SMILES string of the molecule is C[C@@H]1CCC(CNC(=O)C(N)CCS)[C@@](N)(C(=O)O)C1. The van der Waals surface area contributed by atoms with Gasteiger partial charge in [-0.1, -0.05) is 13.3 Å². The summed E-state index contributed by atoms with van der Waals surface area (Å²) in [5.74, 6) is -0.711. The highest BCUT2D eigenvalue weighted by Gasteiger charge is 2.45. The van der Waals surface area contributed by atoms with Crippen LogP contribution in [-0.2, 0) is 9.59 Å². The van der Waals surface area contributed by atoms with Crippen molar-refractivity contribution in [1.82, 2.24) is 5.32 Å². The molecule has 1 aliphatic carbocycles. The molecular weight excluding hydrogens is 278 g/mol. The molecule has 0 saturated heterocycles. The third kappa shape index (κ3) is 4.10. The summed E-state index contributed by atoms with van der Waals surface area (Å²) in [4.78, 5) is 23.2. The fourth-order valence-electron chi connectivity index (χ4n) is 2.76. The lowest BCUT2D eigenvalue weighted by Gasteiger charge is -2.40. The van der Waals surface area contributed by atoms with E-state index in [1.807, 2.05) is 6.92 Å². The Morgan fingerprint density at radius 1 is 1.50 bits per heavy atom. The number of carboxylic acids is 1. The van der Waals surface area contributed by atoms with Crippen LogP contribution in [0, 0.1) is 11.8 Å². The van der Waals surface area contributed by atoms with Crippen molar-refractivity contribution < 1.29 is 14.7 Å². The largest absolute Gasteiger partial charge is 0.480 e. The quantitative estimate of drug-likeness (QED) is 0.442. The summed E-state index contributed by atoms with van der Waals surface area (Å²) < 4.78 is 0. The van der Waals surface area contributed by atoms with Gasteiger partial charge < -0.3 is 21.9 Å². The number of aliphatic carboxylic acids is 1. The molecule has 1 fully saturated rings. The Bertz CT molecular complexity index is 367. The van der Waals surface area contributed by atoms with Crippen LogP contribution in [0.2, 0.25) is 0 Å². The fraction of sp³-hybridized carbons (Fsp3) is 0.846. The second-order valence-electron chi connectivity index (χ2n) is 5.79. The topological polar surface area (TPSA) is 118 Å². The molecule has 0 aliphatic heterocycles. The number of nitrogens with two attached hydrogens (primary N) is 2. The van der Waals surface area contributed by atoms with Crippen molar-refractivity contribution >= 4 is 24.5 Å². The van der Waals surface area contributed by atoms with Gasteiger partial charge in [0.1, 0.15) is 5.54 Å². The van der Waals surface area contributed by atoms with Crippen molar-refractivity contribution in [3.05, 3.63) is 0 Å². The molecule has 1 amide bonds. The minimum Gasteiger partial charge on any atom is -0.480 e. The Morgan fingerprint density at radius 3 is 2.70 bits per heavy atom. The van der Waals surface area contributed by atoms with Crippen LogP contribution in [0.25, 0.3) is 0 Å². The fourth-order valence-corrected chi connectivity index (χ4v) is 3.04. The molecule has 0 aromatic rings. The summed E-state index contributed by atoms with van der Waals surface area (Å²) in [6.07, 6.45) is 2.55. The number of amides is 1. The first-order valence-corrected chi connectivity index (χ1v) is 7.61. The Balaban J connectivity index is 2.61. The van der Waals surface area contributed by atoms with Gasteiger partial charge in [-0.25, -0.2) is 0 Å². The Morgan fingerprint density at radius 2 is 2.15 bits per heavy atom. The molecular formula is C13H25N3O3S. The van der Waals surface area contributed by atoms with Crippen molar-refractivity contribution in [2.24, 2.45) is 23.3 Å². The van der Waals surface area contributed by atoms with Crippen LogP contribution in [0.3, 0.4) is 0 Å². The lowest BCUT2D eigenvalue weighted by molar-refractivity contribution is -0.148. The van der Waals surface area contributed by atoms with Crippen LogP contribution in [0.15, 0.2) is 0 Å².